The van der Waals surface area contributed by atoms with E-state index in [1.807, 2.05) is 0 Å². The van der Waals surface area contributed by atoms with Gasteiger partial charge in [-0.3, -0.25) is 0 Å². The van der Waals surface area contributed by atoms with Gasteiger partial charge in [-0.05, 0) is 25.8 Å². The van der Waals surface area contributed by atoms with E-state index < -0.39 is 0 Å². The van der Waals surface area contributed by atoms with Crippen LogP contribution in [0.5, 0.6) is 0 Å². The average Bonchev–Trinajstić information content (AvgIpc) is 2.03. The lowest BCUT2D eigenvalue weighted by Crippen LogP contribution is -2.27. The summed E-state index contributed by atoms with van der Waals surface area (Å²) in [5, 5.41) is 3.36. The van der Waals surface area contributed by atoms with Gasteiger partial charge in [-0.2, -0.15) is 0 Å². The smallest absolute Gasteiger partial charge is 0.00866 e. The zero-order valence-corrected chi connectivity index (χ0v) is 7.40. The molecule has 0 aromatic carbocycles. The normalized spacial score (nSPS) is 12.5. The van der Waals surface area contributed by atoms with Gasteiger partial charge >= 0.3 is 0 Å². The second-order valence-corrected chi connectivity index (χ2v) is 2.64. The first kappa shape index (κ1) is 10.5. The molecule has 0 aliphatic heterocycles. The number of unbranched alkanes of at least 4 members (excludes halogenated alkanes) is 1. The van der Waals surface area contributed by atoms with Crippen molar-refractivity contribution in [2.75, 3.05) is 6.54 Å². The lowest BCUT2D eigenvalue weighted by Gasteiger charge is -2.14. The van der Waals surface area contributed by atoms with Crippen LogP contribution in [0.1, 0.15) is 32.6 Å². The molecule has 1 atom stereocenters. The third-order valence-corrected chi connectivity index (χ3v) is 1.71. The van der Waals surface area contributed by atoms with Crippen LogP contribution in [0.25, 0.3) is 0 Å². The van der Waals surface area contributed by atoms with Crippen molar-refractivity contribution in [3.63, 3.8) is 0 Å². The molecule has 0 heterocycles. The molecule has 0 aromatic heterocycles. The minimum atomic E-state index is 0.563. The molecule has 0 saturated carbocycles. The van der Waals surface area contributed by atoms with Gasteiger partial charge in [0.1, 0.15) is 0 Å². The van der Waals surface area contributed by atoms with Gasteiger partial charge < -0.3 is 5.32 Å². The van der Waals surface area contributed by atoms with Gasteiger partial charge in [0.15, 0.2) is 0 Å². The monoisotopic (exact) mass is 152 g/mol. The molecule has 1 N–H and O–H groups in total. The fourth-order valence-corrected chi connectivity index (χ4v) is 1.09. The molecule has 0 fully saturated rings. The molecule has 0 amide bonds. The fraction of sp³-hybridized carbons (Fsp3) is 0.700. The van der Waals surface area contributed by atoms with Crippen molar-refractivity contribution in [3.8, 4) is 12.3 Å². The van der Waals surface area contributed by atoms with E-state index in [0.29, 0.717) is 6.04 Å². The van der Waals surface area contributed by atoms with Crippen LogP contribution >= 0.6 is 0 Å². The summed E-state index contributed by atoms with van der Waals surface area (Å²) in [4.78, 5) is 0. The van der Waals surface area contributed by atoms with Gasteiger partial charge in [0.05, 0.1) is 0 Å². The first-order chi connectivity index (χ1) is 5.35. The van der Waals surface area contributed by atoms with E-state index in [2.05, 4.69) is 25.1 Å². The highest BCUT2D eigenvalue weighted by atomic mass is 14.9. The molecule has 11 heavy (non-hydrogen) atoms. The second kappa shape index (κ2) is 7.63. The second-order valence-electron chi connectivity index (χ2n) is 2.64. The van der Waals surface area contributed by atoms with Gasteiger partial charge in [-0.25, -0.2) is 0 Å². The van der Waals surface area contributed by atoms with Crippen molar-refractivity contribution in [1.29, 1.82) is 0 Å². The van der Waals surface area contributed by atoms with Crippen LogP contribution in [0.3, 0.4) is 0 Å². The molecule has 63 valence electrons. The fourth-order valence-electron chi connectivity index (χ4n) is 1.09. The van der Waals surface area contributed by atoms with E-state index in [4.69, 9.17) is 6.42 Å². The van der Waals surface area contributed by atoms with E-state index >= 15 is 0 Å². The standard InChI is InChI=1S/C10H18N/c1-4-7-8-9-10(5-2)11-6-3/h1,10-11H,2,5-9H2,3H3. The van der Waals surface area contributed by atoms with Crippen molar-refractivity contribution in [3.05, 3.63) is 6.92 Å². The third-order valence-electron chi connectivity index (χ3n) is 1.71. The summed E-state index contributed by atoms with van der Waals surface area (Å²) in [5.41, 5.74) is 0. The molecule has 0 rings (SSSR count). The summed E-state index contributed by atoms with van der Waals surface area (Å²) in [7, 11) is 0. The Bertz CT molecular complexity index is 113. The highest BCUT2D eigenvalue weighted by Crippen LogP contribution is 2.02. The van der Waals surface area contributed by atoms with Crippen LogP contribution in [-0.4, -0.2) is 12.6 Å². The zero-order chi connectivity index (χ0) is 8.53. The molecule has 0 aliphatic rings. The molecule has 0 spiro atoms. The first-order valence-electron chi connectivity index (χ1n) is 4.31. The lowest BCUT2D eigenvalue weighted by atomic mass is 10.1. The number of nitrogens with one attached hydrogen (secondary N) is 1. The quantitative estimate of drug-likeness (QED) is 0.453. The maximum atomic E-state index is 5.14. The van der Waals surface area contributed by atoms with Gasteiger partial charge in [0.2, 0.25) is 0 Å². The molecule has 1 nitrogen and oxygen atoms in total. The van der Waals surface area contributed by atoms with E-state index in [1.165, 1.54) is 0 Å². The van der Waals surface area contributed by atoms with E-state index in [0.717, 1.165) is 32.2 Å². The molecule has 1 radical (unpaired) electrons. The SMILES string of the molecule is C#CCCCC(C[CH2])NCC. The summed E-state index contributed by atoms with van der Waals surface area (Å²) < 4.78 is 0. The molecule has 0 bridgehead atoms. The number of hydrogen-bond acceptors (Lipinski definition) is 1. The molecular formula is C10H18N. The highest BCUT2D eigenvalue weighted by molar-refractivity contribution is 4.83. The summed E-state index contributed by atoms with van der Waals surface area (Å²) in [5.74, 6) is 2.64. The Morgan fingerprint density at radius 2 is 2.36 bits per heavy atom. The van der Waals surface area contributed by atoms with Crippen molar-refractivity contribution >= 4 is 0 Å². The Kier molecular flexibility index (Phi) is 7.29. The Hall–Kier alpha value is -0.480. The van der Waals surface area contributed by atoms with Gasteiger partial charge in [0, 0.05) is 12.5 Å². The summed E-state index contributed by atoms with van der Waals surface area (Å²) in [6.45, 7) is 7.01. The third kappa shape index (κ3) is 5.94. The zero-order valence-electron chi connectivity index (χ0n) is 7.40. The number of terminal acetylenes is 1. The van der Waals surface area contributed by atoms with Crippen molar-refractivity contribution in [2.24, 2.45) is 0 Å². The van der Waals surface area contributed by atoms with Crippen molar-refractivity contribution in [1.82, 2.24) is 5.32 Å². The van der Waals surface area contributed by atoms with Gasteiger partial charge in [-0.15, -0.1) is 12.3 Å². The van der Waals surface area contributed by atoms with Crippen LogP contribution in [0.2, 0.25) is 0 Å². The van der Waals surface area contributed by atoms with E-state index in [9.17, 15) is 0 Å². The van der Waals surface area contributed by atoms with E-state index in [1.54, 1.807) is 0 Å². The predicted octanol–water partition coefficient (Wildman–Crippen LogP) is 1.99. The molecule has 1 unspecified atom stereocenters. The largest absolute Gasteiger partial charge is 0.314 e. The summed E-state index contributed by atoms with van der Waals surface area (Å²) >= 11 is 0. The lowest BCUT2D eigenvalue weighted by molar-refractivity contribution is 0.485. The average molecular weight is 152 g/mol. The maximum absolute atomic E-state index is 5.14. The molecule has 0 aromatic rings. The molecule has 1 heteroatoms. The minimum Gasteiger partial charge on any atom is -0.314 e. The summed E-state index contributed by atoms with van der Waals surface area (Å²) in [6, 6.07) is 0.563. The Morgan fingerprint density at radius 1 is 1.64 bits per heavy atom. The first-order valence-corrected chi connectivity index (χ1v) is 4.31. The van der Waals surface area contributed by atoms with Gasteiger partial charge in [-0.1, -0.05) is 13.8 Å². The van der Waals surface area contributed by atoms with Crippen LogP contribution in [0, 0.1) is 19.3 Å². The Labute approximate surface area is 70.6 Å². The Morgan fingerprint density at radius 3 is 2.82 bits per heavy atom. The van der Waals surface area contributed by atoms with E-state index in [-0.39, 0.29) is 0 Å². The number of rotatable bonds is 6. The topological polar surface area (TPSA) is 12.0 Å². The van der Waals surface area contributed by atoms with Crippen molar-refractivity contribution in [2.45, 2.75) is 38.6 Å². The minimum absolute atomic E-state index is 0.563. The number of hydrogen-bond donors (Lipinski definition) is 1. The van der Waals surface area contributed by atoms with Crippen LogP contribution in [0.4, 0.5) is 0 Å². The van der Waals surface area contributed by atoms with Crippen LogP contribution < -0.4 is 5.32 Å². The predicted molar refractivity (Wildman–Crippen MR) is 50.1 cm³/mol. The summed E-state index contributed by atoms with van der Waals surface area (Å²) in [6.07, 6.45) is 9.26. The highest BCUT2D eigenvalue weighted by Gasteiger charge is 2.01. The molecule has 0 aliphatic carbocycles. The molecular weight excluding hydrogens is 134 g/mol. The van der Waals surface area contributed by atoms with Crippen molar-refractivity contribution < 1.29 is 0 Å². The Balaban J connectivity index is 3.29. The maximum Gasteiger partial charge on any atom is 0.00866 e. The van der Waals surface area contributed by atoms with Crippen LogP contribution in [0.15, 0.2) is 0 Å². The molecule has 0 saturated heterocycles. The van der Waals surface area contributed by atoms with Crippen LogP contribution in [-0.2, 0) is 0 Å². The van der Waals surface area contributed by atoms with Gasteiger partial charge in [0.25, 0.3) is 0 Å².